The Morgan fingerprint density at radius 1 is 1.26 bits per heavy atom. The molecule has 0 saturated carbocycles. The summed E-state index contributed by atoms with van der Waals surface area (Å²) in [7, 11) is 0. The molecule has 0 aromatic carbocycles. The lowest BCUT2D eigenvalue weighted by Crippen LogP contribution is -2.41. The van der Waals surface area contributed by atoms with Crippen molar-refractivity contribution in [3.05, 3.63) is 59.8 Å². The molecule has 3 heterocycles. The average molecular weight is 485 g/mol. The van der Waals surface area contributed by atoms with Gasteiger partial charge in [-0.25, -0.2) is 13.8 Å². The van der Waals surface area contributed by atoms with Gasteiger partial charge < -0.3 is 27.5 Å². The summed E-state index contributed by atoms with van der Waals surface area (Å²) in [5.41, 5.74) is 14.9. The first-order chi connectivity index (χ1) is 16.7. The molecule has 7 N–H and O–H groups in total. The number of rotatable bonds is 11. The van der Waals surface area contributed by atoms with Crippen LogP contribution in [0.1, 0.15) is 32.3 Å². The van der Waals surface area contributed by atoms with Crippen molar-refractivity contribution < 1.29 is 8.78 Å². The van der Waals surface area contributed by atoms with Crippen LogP contribution in [-0.2, 0) is 0 Å². The maximum absolute atomic E-state index is 14.3. The molecule has 35 heavy (non-hydrogen) atoms. The molecular weight excluding hydrogens is 450 g/mol. The van der Waals surface area contributed by atoms with Crippen LogP contribution in [0.25, 0.3) is 16.6 Å². The Bertz CT molecular complexity index is 1120. The lowest BCUT2D eigenvalue weighted by atomic mass is 10.0. The van der Waals surface area contributed by atoms with Gasteiger partial charge in [0.05, 0.1) is 24.1 Å². The molecule has 0 atom stereocenters. The molecule has 1 fully saturated rings. The topological polar surface area (TPSA) is 129 Å². The zero-order chi connectivity index (χ0) is 25.4. The van der Waals surface area contributed by atoms with Crippen molar-refractivity contribution in [3.63, 3.8) is 0 Å². The second-order valence-electron chi connectivity index (χ2n) is 8.97. The van der Waals surface area contributed by atoms with Gasteiger partial charge in [-0.15, -0.1) is 0 Å². The van der Waals surface area contributed by atoms with Gasteiger partial charge in [0.2, 0.25) is 0 Å². The van der Waals surface area contributed by atoms with Crippen LogP contribution in [0.15, 0.2) is 54.3 Å². The minimum atomic E-state index is -2.86. The quantitative estimate of drug-likeness (QED) is 0.243. The van der Waals surface area contributed by atoms with Gasteiger partial charge in [-0.05, 0) is 67.9 Å². The number of hydrogen-bond donors (Lipinski definition) is 5. The van der Waals surface area contributed by atoms with E-state index in [1.165, 1.54) is 12.4 Å². The van der Waals surface area contributed by atoms with Crippen molar-refractivity contribution in [2.75, 3.05) is 31.5 Å². The molecule has 2 aromatic heterocycles. The molecule has 0 amide bonds. The Morgan fingerprint density at radius 2 is 2.00 bits per heavy atom. The molecule has 0 radical (unpaired) electrons. The first-order valence-electron chi connectivity index (χ1n) is 11.7. The minimum Gasteiger partial charge on any atom is -0.404 e. The van der Waals surface area contributed by atoms with Crippen LogP contribution in [0.3, 0.4) is 0 Å². The smallest absolute Gasteiger partial charge is 0.277 e. The van der Waals surface area contributed by atoms with Gasteiger partial charge in [0.25, 0.3) is 5.92 Å². The van der Waals surface area contributed by atoms with Crippen molar-refractivity contribution in [1.82, 2.24) is 20.2 Å². The maximum Gasteiger partial charge on any atom is 0.277 e. The van der Waals surface area contributed by atoms with Crippen LogP contribution < -0.4 is 22.1 Å². The molecule has 188 valence electrons. The largest absolute Gasteiger partial charge is 0.404 e. The Kier molecular flexibility index (Phi) is 8.75. The highest BCUT2D eigenvalue weighted by Crippen LogP contribution is 2.21. The lowest BCUT2D eigenvalue weighted by Gasteiger charge is -2.23. The molecule has 1 saturated heterocycles. The molecule has 3 rings (SSSR count). The number of nitrogens with two attached hydrogens (primary N) is 2. The van der Waals surface area contributed by atoms with Gasteiger partial charge in [0.15, 0.2) is 0 Å². The second kappa shape index (κ2) is 11.7. The van der Waals surface area contributed by atoms with E-state index in [0.717, 1.165) is 24.6 Å². The molecule has 8 nitrogen and oxygen atoms in total. The first kappa shape index (κ1) is 26.1. The Labute approximate surface area is 204 Å². The molecule has 0 unspecified atom stereocenters. The number of nitrogens with one attached hydrogen (secondary N) is 3. The third kappa shape index (κ3) is 7.48. The number of aromatic nitrogens is 2. The van der Waals surface area contributed by atoms with Crippen LogP contribution in [0.4, 0.5) is 14.6 Å². The van der Waals surface area contributed by atoms with Crippen LogP contribution in [-0.4, -0.2) is 53.2 Å². The summed E-state index contributed by atoms with van der Waals surface area (Å²) in [5, 5.41) is 13.5. The van der Waals surface area contributed by atoms with E-state index < -0.39 is 12.5 Å². The summed E-state index contributed by atoms with van der Waals surface area (Å²) in [6.45, 7) is 4.70. The summed E-state index contributed by atoms with van der Waals surface area (Å²) in [5.74, 6) is -1.73. The van der Waals surface area contributed by atoms with Crippen LogP contribution in [0.5, 0.6) is 0 Å². The van der Waals surface area contributed by atoms with Crippen molar-refractivity contribution in [2.45, 2.75) is 32.6 Å². The number of likely N-dealkylation sites (tertiary alicyclic amines) is 1. The fraction of sp³-hybridized carbons (Fsp3) is 0.400. The summed E-state index contributed by atoms with van der Waals surface area (Å²) >= 11 is 0. The Morgan fingerprint density at radius 3 is 2.66 bits per heavy atom. The molecule has 0 spiro atoms. The van der Waals surface area contributed by atoms with E-state index in [1.807, 2.05) is 13.8 Å². The van der Waals surface area contributed by atoms with Crippen molar-refractivity contribution in [2.24, 2.45) is 17.4 Å². The van der Waals surface area contributed by atoms with Gasteiger partial charge in [0.1, 0.15) is 11.6 Å². The number of nitrogens with zero attached hydrogens (tertiary/aromatic N) is 3. The highest BCUT2D eigenvalue weighted by molar-refractivity contribution is 6.08. The van der Waals surface area contributed by atoms with Crippen LogP contribution in [0.2, 0.25) is 0 Å². The van der Waals surface area contributed by atoms with Gasteiger partial charge >= 0.3 is 0 Å². The third-order valence-corrected chi connectivity index (χ3v) is 5.75. The number of anilines is 1. The number of allylic oxidation sites excluding steroid dienone is 3. The maximum atomic E-state index is 14.3. The highest BCUT2D eigenvalue weighted by atomic mass is 19.3. The van der Waals surface area contributed by atoms with Crippen molar-refractivity contribution in [1.29, 1.82) is 5.41 Å². The number of halogens is 2. The van der Waals surface area contributed by atoms with Gasteiger partial charge in [-0.2, -0.15) is 0 Å². The molecule has 10 heteroatoms. The van der Waals surface area contributed by atoms with Crippen LogP contribution in [0, 0.1) is 11.3 Å². The van der Waals surface area contributed by atoms with Crippen LogP contribution >= 0.6 is 0 Å². The molecule has 2 aromatic rings. The van der Waals surface area contributed by atoms with Gasteiger partial charge in [-0.3, -0.25) is 9.88 Å². The van der Waals surface area contributed by atoms with E-state index in [0.29, 0.717) is 46.9 Å². The third-order valence-electron chi connectivity index (χ3n) is 5.75. The molecule has 1 aliphatic rings. The fourth-order valence-corrected chi connectivity index (χ4v) is 3.85. The number of pyridine rings is 2. The highest BCUT2D eigenvalue weighted by Gasteiger charge is 2.32. The van der Waals surface area contributed by atoms with E-state index in [9.17, 15) is 8.78 Å². The number of hydrogen-bond acceptors (Lipinski definition) is 8. The zero-order valence-electron chi connectivity index (χ0n) is 20.2. The van der Waals surface area contributed by atoms with E-state index in [1.54, 1.807) is 35.4 Å². The van der Waals surface area contributed by atoms with E-state index in [4.69, 9.17) is 16.9 Å². The summed E-state index contributed by atoms with van der Waals surface area (Å²) in [6.07, 6.45) is 9.32. The fourth-order valence-electron chi connectivity index (χ4n) is 3.85. The minimum absolute atomic E-state index is 0.219. The van der Waals surface area contributed by atoms with Crippen molar-refractivity contribution in [3.8, 4) is 0 Å². The standard InChI is InChI=1S/C25H34F2N8/c1-17(2)18(11-28)10-23(30)34-24-6-5-21-22(33-24)9-19(14-32-21)20(12-29)13-31-15-25(26,27)16-35-7-3-4-8-35/h5-6,9-14,17,29,31H,3-4,7-8,15-16,28,30H2,1-2H3,(H,33,34)/b18-11+,20-13+,23-10+,29-12?. The van der Waals surface area contributed by atoms with Crippen molar-refractivity contribution >= 4 is 28.6 Å². The van der Waals surface area contributed by atoms with E-state index >= 15 is 0 Å². The zero-order valence-corrected chi connectivity index (χ0v) is 20.2. The molecule has 0 bridgehead atoms. The Hall–Kier alpha value is -3.53. The second-order valence-corrected chi connectivity index (χ2v) is 8.97. The average Bonchev–Trinajstić information content (AvgIpc) is 3.32. The SMILES string of the molecule is CC(C)C(=C/N)/C=C(\N)Nc1ccc2ncc(/C(C=N)=C/NCC(F)(F)CN3CCCC3)cc2n1. The number of alkyl halides is 2. The normalized spacial score (nSPS) is 16.2. The molecular formula is C25H34F2N8. The lowest BCUT2D eigenvalue weighted by molar-refractivity contribution is -0.0228. The summed E-state index contributed by atoms with van der Waals surface area (Å²) in [4.78, 5) is 10.7. The predicted molar refractivity (Wildman–Crippen MR) is 138 cm³/mol. The molecule has 1 aliphatic heterocycles. The summed E-state index contributed by atoms with van der Waals surface area (Å²) < 4.78 is 28.6. The predicted octanol–water partition coefficient (Wildman–Crippen LogP) is 3.65. The number of fused-ring (bicyclic) bond motifs is 1. The first-order valence-corrected chi connectivity index (χ1v) is 11.7. The van der Waals surface area contributed by atoms with Gasteiger partial charge in [0, 0.05) is 29.7 Å². The monoisotopic (exact) mass is 484 g/mol. The summed E-state index contributed by atoms with van der Waals surface area (Å²) in [6, 6.07) is 5.32. The van der Waals surface area contributed by atoms with E-state index in [-0.39, 0.29) is 12.5 Å². The molecule has 0 aliphatic carbocycles. The Balaban J connectivity index is 1.72. The van der Waals surface area contributed by atoms with E-state index in [2.05, 4.69) is 20.6 Å². The van der Waals surface area contributed by atoms with Gasteiger partial charge in [-0.1, -0.05) is 13.8 Å².